The van der Waals surface area contributed by atoms with Gasteiger partial charge in [-0.05, 0) is 90.7 Å². The third-order valence-corrected chi connectivity index (χ3v) is 10.4. The van der Waals surface area contributed by atoms with Crippen molar-refractivity contribution in [3.63, 3.8) is 0 Å². The van der Waals surface area contributed by atoms with Crippen molar-refractivity contribution in [1.29, 1.82) is 0 Å². The summed E-state index contributed by atoms with van der Waals surface area (Å²) in [7, 11) is 0. The van der Waals surface area contributed by atoms with Crippen LogP contribution in [-0.2, 0) is 5.41 Å². The smallest absolute Gasteiger partial charge is 0.145 e. The minimum Gasteiger partial charge on any atom is -0.457 e. The summed E-state index contributed by atoms with van der Waals surface area (Å²) >= 11 is 0. The average molecular weight is 675 g/mol. The largest absolute Gasteiger partial charge is 0.457 e. The van der Waals surface area contributed by atoms with Crippen LogP contribution in [-0.4, -0.2) is 19.1 Å². The first-order valence-corrected chi connectivity index (χ1v) is 17.7. The molecule has 9 aromatic rings. The molecule has 3 aromatic heterocycles. The fourth-order valence-corrected chi connectivity index (χ4v) is 7.65. The quantitative estimate of drug-likeness (QED) is 0.169. The highest BCUT2D eigenvalue weighted by molar-refractivity contribution is 6.09. The second kappa shape index (κ2) is 12.4. The standard InChI is InChI=1S/C47H38N4O/c1-31-14-12-15-32(2)45(31)51-42-23-11-9-21-40(42)49-46(51)33-16-13-19-36(28-33)52-37-24-25-39-38-20-8-10-22-41(38)50(43(39)30-37)44-29-35(26-27-48-44)47(3,4)34-17-6-5-7-18-34/h5-30H,1-4H3. The van der Waals surface area contributed by atoms with Gasteiger partial charge in [0.25, 0.3) is 0 Å². The molecule has 0 fully saturated rings. The van der Waals surface area contributed by atoms with Gasteiger partial charge in [0.1, 0.15) is 23.1 Å². The van der Waals surface area contributed by atoms with Crippen LogP contribution in [0.15, 0.2) is 158 Å². The Morgan fingerprint density at radius 1 is 0.538 bits per heavy atom. The van der Waals surface area contributed by atoms with Gasteiger partial charge in [-0.15, -0.1) is 0 Å². The summed E-state index contributed by atoms with van der Waals surface area (Å²) in [6.07, 6.45) is 1.92. The average Bonchev–Trinajstić information content (AvgIpc) is 3.71. The number of nitrogens with zero attached hydrogens (tertiary/aromatic N) is 4. The minimum atomic E-state index is -0.199. The van der Waals surface area contributed by atoms with E-state index in [1.54, 1.807) is 0 Å². The molecule has 5 nitrogen and oxygen atoms in total. The van der Waals surface area contributed by atoms with Crippen LogP contribution in [0.1, 0.15) is 36.1 Å². The Labute approximate surface area is 303 Å². The molecule has 0 spiro atoms. The maximum absolute atomic E-state index is 6.67. The van der Waals surface area contributed by atoms with Gasteiger partial charge in [-0.25, -0.2) is 9.97 Å². The molecular formula is C47H38N4O. The second-order valence-electron chi connectivity index (χ2n) is 14.1. The number of benzene rings is 6. The predicted molar refractivity (Wildman–Crippen MR) is 213 cm³/mol. The number of para-hydroxylation sites is 4. The fraction of sp³-hybridized carbons (Fsp3) is 0.106. The number of fused-ring (bicyclic) bond motifs is 4. The number of hydrogen-bond donors (Lipinski definition) is 0. The minimum absolute atomic E-state index is 0.199. The number of ether oxygens (including phenoxy) is 1. The van der Waals surface area contributed by atoms with Crippen LogP contribution in [0, 0.1) is 13.8 Å². The number of hydrogen-bond acceptors (Lipinski definition) is 3. The Morgan fingerprint density at radius 2 is 1.23 bits per heavy atom. The molecule has 0 N–H and O–H groups in total. The molecule has 3 heterocycles. The molecule has 0 bridgehead atoms. The van der Waals surface area contributed by atoms with Gasteiger partial charge in [0.2, 0.25) is 0 Å². The lowest BCUT2D eigenvalue weighted by molar-refractivity contribution is 0.483. The molecule has 0 aliphatic carbocycles. The van der Waals surface area contributed by atoms with Crippen molar-refractivity contribution in [2.45, 2.75) is 33.1 Å². The highest BCUT2D eigenvalue weighted by atomic mass is 16.5. The summed E-state index contributed by atoms with van der Waals surface area (Å²) in [6, 6.07) is 52.9. The number of pyridine rings is 1. The van der Waals surface area contributed by atoms with Crippen molar-refractivity contribution in [3.05, 3.63) is 180 Å². The molecule has 0 amide bonds. The summed E-state index contributed by atoms with van der Waals surface area (Å²) in [5.74, 6) is 3.24. The number of aromatic nitrogens is 4. The van der Waals surface area contributed by atoms with Gasteiger partial charge in [-0.3, -0.25) is 9.13 Å². The predicted octanol–water partition coefficient (Wildman–Crippen LogP) is 11.9. The molecular weight excluding hydrogens is 637 g/mol. The summed E-state index contributed by atoms with van der Waals surface area (Å²) in [5.41, 5.74) is 11.0. The lowest BCUT2D eigenvalue weighted by atomic mass is 9.78. The maximum atomic E-state index is 6.67. The van der Waals surface area contributed by atoms with E-state index in [0.717, 1.165) is 61.8 Å². The first-order chi connectivity index (χ1) is 25.4. The normalized spacial score (nSPS) is 11.8. The van der Waals surface area contributed by atoms with E-state index in [-0.39, 0.29) is 5.41 Å². The molecule has 0 saturated heterocycles. The maximum Gasteiger partial charge on any atom is 0.145 e. The van der Waals surface area contributed by atoms with E-state index in [1.807, 2.05) is 24.4 Å². The molecule has 0 unspecified atom stereocenters. The van der Waals surface area contributed by atoms with Gasteiger partial charge in [0, 0.05) is 34.0 Å². The Morgan fingerprint density at radius 3 is 2.06 bits per heavy atom. The Balaban J connectivity index is 1.14. The molecule has 252 valence electrons. The van der Waals surface area contributed by atoms with Gasteiger partial charge in [-0.2, -0.15) is 0 Å². The Bertz CT molecular complexity index is 2750. The zero-order valence-electron chi connectivity index (χ0n) is 29.7. The van der Waals surface area contributed by atoms with E-state index in [2.05, 4.69) is 170 Å². The van der Waals surface area contributed by atoms with Crippen molar-refractivity contribution in [2.24, 2.45) is 0 Å². The van der Waals surface area contributed by atoms with E-state index >= 15 is 0 Å². The van der Waals surface area contributed by atoms with Gasteiger partial charge in [0.05, 0.1) is 27.8 Å². The first-order valence-electron chi connectivity index (χ1n) is 17.7. The molecule has 9 rings (SSSR count). The van der Waals surface area contributed by atoms with Crippen LogP contribution in [0.2, 0.25) is 0 Å². The Kier molecular flexibility index (Phi) is 7.51. The summed E-state index contributed by atoms with van der Waals surface area (Å²) in [4.78, 5) is 10.1. The van der Waals surface area contributed by atoms with E-state index in [9.17, 15) is 0 Å². The summed E-state index contributed by atoms with van der Waals surface area (Å²) < 4.78 is 11.2. The lowest BCUT2D eigenvalue weighted by Crippen LogP contribution is -2.19. The molecule has 0 atom stereocenters. The van der Waals surface area contributed by atoms with Crippen LogP contribution in [0.3, 0.4) is 0 Å². The van der Waals surface area contributed by atoms with Crippen LogP contribution in [0.4, 0.5) is 0 Å². The molecule has 52 heavy (non-hydrogen) atoms. The van der Waals surface area contributed by atoms with Crippen LogP contribution in [0.5, 0.6) is 11.5 Å². The van der Waals surface area contributed by atoms with E-state index < -0.39 is 0 Å². The molecule has 0 aliphatic heterocycles. The lowest BCUT2D eigenvalue weighted by Gasteiger charge is -2.26. The summed E-state index contributed by atoms with van der Waals surface area (Å²) in [5, 5.41) is 2.32. The van der Waals surface area contributed by atoms with Crippen LogP contribution >= 0.6 is 0 Å². The highest BCUT2D eigenvalue weighted by Crippen LogP contribution is 2.38. The van der Waals surface area contributed by atoms with Gasteiger partial charge in [-0.1, -0.05) is 105 Å². The van der Waals surface area contributed by atoms with Crippen molar-refractivity contribution in [1.82, 2.24) is 19.1 Å². The molecule has 6 aromatic carbocycles. The van der Waals surface area contributed by atoms with Gasteiger partial charge >= 0.3 is 0 Å². The van der Waals surface area contributed by atoms with Crippen molar-refractivity contribution in [3.8, 4) is 34.4 Å². The number of imidazole rings is 1. The van der Waals surface area contributed by atoms with E-state index in [0.29, 0.717) is 0 Å². The monoisotopic (exact) mass is 674 g/mol. The number of aryl methyl sites for hydroxylation is 2. The zero-order valence-corrected chi connectivity index (χ0v) is 29.7. The van der Waals surface area contributed by atoms with Crippen LogP contribution in [0.25, 0.3) is 55.7 Å². The Hall–Kier alpha value is -6.46. The van der Waals surface area contributed by atoms with E-state index in [1.165, 1.54) is 27.6 Å². The highest BCUT2D eigenvalue weighted by Gasteiger charge is 2.24. The number of rotatable bonds is 7. The zero-order chi connectivity index (χ0) is 35.4. The van der Waals surface area contributed by atoms with Gasteiger partial charge < -0.3 is 4.74 Å². The third kappa shape index (κ3) is 5.25. The molecule has 0 aliphatic rings. The van der Waals surface area contributed by atoms with Crippen molar-refractivity contribution < 1.29 is 4.74 Å². The van der Waals surface area contributed by atoms with Crippen molar-refractivity contribution in [2.75, 3.05) is 0 Å². The third-order valence-electron chi connectivity index (χ3n) is 10.4. The molecule has 0 saturated carbocycles. The van der Waals surface area contributed by atoms with Crippen molar-refractivity contribution >= 4 is 32.8 Å². The molecule has 5 heteroatoms. The first kappa shape index (κ1) is 31.5. The second-order valence-corrected chi connectivity index (χ2v) is 14.1. The summed E-state index contributed by atoms with van der Waals surface area (Å²) in [6.45, 7) is 8.85. The van der Waals surface area contributed by atoms with Crippen LogP contribution < -0.4 is 4.74 Å². The molecule has 0 radical (unpaired) electrons. The van der Waals surface area contributed by atoms with Gasteiger partial charge in [0.15, 0.2) is 0 Å². The van der Waals surface area contributed by atoms with E-state index in [4.69, 9.17) is 14.7 Å². The topological polar surface area (TPSA) is 44.9 Å². The SMILES string of the molecule is Cc1cccc(C)c1-n1c(-c2cccc(Oc3ccc4c5ccccc5n(-c5cc(C(C)(C)c6ccccc6)ccn5)c4c3)c2)nc2ccccc21. The fourth-order valence-electron chi connectivity index (χ4n) is 7.65.